The van der Waals surface area contributed by atoms with Crippen LogP contribution in [0, 0.1) is 5.41 Å². The predicted octanol–water partition coefficient (Wildman–Crippen LogP) is 2.65. The standard InChI is InChI=1S/C9H16O2S/c1-4-9(3,5-2)6-8(11)12-7-10/h7H,4-6H2,1-3H3. The van der Waals surface area contributed by atoms with Gasteiger partial charge < -0.3 is 0 Å². The van der Waals surface area contributed by atoms with Gasteiger partial charge in [0.05, 0.1) is 0 Å². The molecule has 0 aliphatic carbocycles. The smallest absolute Gasteiger partial charge is 0.196 e. The minimum absolute atomic E-state index is 0.0174. The van der Waals surface area contributed by atoms with Gasteiger partial charge in [0.1, 0.15) is 0 Å². The van der Waals surface area contributed by atoms with Crippen LogP contribution in [-0.2, 0) is 9.59 Å². The summed E-state index contributed by atoms with van der Waals surface area (Å²) in [6, 6.07) is 0. The number of carbonyl (C=O) groups is 2. The molecule has 0 aromatic rings. The molecule has 0 rings (SSSR count). The first-order valence-corrected chi connectivity index (χ1v) is 5.09. The van der Waals surface area contributed by atoms with Crippen molar-refractivity contribution in [1.29, 1.82) is 0 Å². The maximum Gasteiger partial charge on any atom is 0.196 e. The first kappa shape index (κ1) is 11.7. The number of thioether (sulfide) groups is 1. The van der Waals surface area contributed by atoms with Crippen LogP contribution in [0.4, 0.5) is 0 Å². The van der Waals surface area contributed by atoms with Crippen LogP contribution in [0.25, 0.3) is 0 Å². The second-order valence-corrected chi connectivity index (χ2v) is 4.16. The fraction of sp³-hybridized carbons (Fsp3) is 0.778. The molecular weight excluding hydrogens is 172 g/mol. The van der Waals surface area contributed by atoms with E-state index in [1.165, 1.54) is 0 Å². The molecule has 0 radical (unpaired) electrons. The molecule has 0 heterocycles. The minimum Gasteiger partial charge on any atom is -0.290 e. The van der Waals surface area contributed by atoms with Crippen LogP contribution in [-0.4, -0.2) is 10.7 Å². The molecule has 0 aliphatic heterocycles. The summed E-state index contributed by atoms with van der Waals surface area (Å²) in [5.41, 5.74) is 0.682. The van der Waals surface area contributed by atoms with Crippen molar-refractivity contribution >= 4 is 22.5 Å². The van der Waals surface area contributed by atoms with Crippen molar-refractivity contribution in [3.8, 4) is 0 Å². The van der Waals surface area contributed by atoms with Gasteiger partial charge in [-0.1, -0.05) is 33.6 Å². The maximum absolute atomic E-state index is 11.1. The zero-order valence-electron chi connectivity index (χ0n) is 7.92. The quantitative estimate of drug-likeness (QED) is 0.622. The van der Waals surface area contributed by atoms with E-state index in [0.29, 0.717) is 12.0 Å². The Bertz CT molecular complexity index is 162. The summed E-state index contributed by atoms with van der Waals surface area (Å²) < 4.78 is 0. The lowest BCUT2D eigenvalue weighted by atomic mass is 9.82. The second kappa shape index (κ2) is 5.36. The Morgan fingerprint density at radius 1 is 1.42 bits per heavy atom. The van der Waals surface area contributed by atoms with Crippen LogP contribution >= 0.6 is 11.8 Å². The van der Waals surface area contributed by atoms with E-state index in [0.717, 1.165) is 24.6 Å². The van der Waals surface area contributed by atoms with E-state index in [-0.39, 0.29) is 10.5 Å². The number of hydrogen-bond acceptors (Lipinski definition) is 3. The van der Waals surface area contributed by atoms with Gasteiger partial charge in [-0.15, -0.1) is 0 Å². The van der Waals surface area contributed by atoms with Crippen molar-refractivity contribution in [3.63, 3.8) is 0 Å². The molecule has 0 aromatic heterocycles. The lowest BCUT2D eigenvalue weighted by molar-refractivity contribution is -0.112. The van der Waals surface area contributed by atoms with Crippen LogP contribution in [0.15, 0.2) is 0 Å². The first-order chi connectivity index (χ1) is 5.58. The van der Waals surface area contributed by atoms with Crippen molar-refractivity contribution in [2.24, 2.45) is 5.41 Å². The largest absolute Gasteiger partial charge is 0.290 e. The van der Waals surface area contributed by atoms with E-state index in [4.69, 9.17) is 0 Å². The predicted molar refractivity (Wildman–Crippen MR) is 52.7 cm³/mol. The molecular formula is C9H16O2S. The molecule has 0 N–H and O–H groups in total. The molecule has 0 saturated heterocycles. The zero-order valence-corrected chi connectivity index (χ0v) is 8.74. The lowest BCUT2D eigenvalue weighted by Crippen LogP contribution is -2.17. The van der Waals surface area contributed by atoms with Crippen LogP contribution in [0.5, 0.6) is 0 Å². The molecule has 0 amide bonds. The Labute approximate surface area is 78.1 Å². The third-order valence-electron chi connectivity index (χ3n) is 2.46. The van der Waals surface area contributed by atoms with Crippen LogP contribution in [0.1, 0.15) is 40.0 Å². The third kappa shape index (κ3) is 3.90. The third-order valence-corrected chi connectivity index (χ3v) is 2.96. The fourth-order valence-corrected chi connectivity index (χ4v) is 1.48. The Morgan fingerprint density at radius 3 is 2.25 bits per heavy atom. The van der Waals surface area contributed by atoms with Gasteiger partial charge in [0.25, 0.3) is 0 Å². The van der Waals surface area contributed by atoms with Crippen molar-refractivity contribution in [3.05, 3.63) is 0 Å². The van der Waals surface area contributed by atoms with Gasteiger partial charge in [0.15, 0.2) is 10.7 Å². The van der Waals surface area contributed by atoms with Gasteiger partial charge >= 0.3 is 0 Å². The van der Waals surface area contributed by atoms with Gasteiger partial charge in [-0.2, -0.15) is 0 Å². The van der Waals surface area contributed by atoms with Gasteiger partial charge in [-0.25, -0.2) is 0 Å². The summed E-state index contributed by atoms with van der Waals surface area (Å²) >= 11 is 0.769. The minimum atomic E-state index is -0.0174. The highest BCUT2D eigenvalue weighted by atomic mass is 32.2. The monoisotopic (exact) mass is 188 g/mol. The topological polar surface area (TPSA) is 34.1 Å². The van der Waals surface area contributed by atoms with E-state index in [1.807, 2.05) is 0 Å². The molecule has 0 spiro atoms. The average Bonchev–Trinajstić information content (AvgIpc) is 2.05. The average molecular weight is 188 g/mol. The highest BCUT2D eigenvalue weighted by Crippen LogP contribution is 2.31. The van der Waals surface area contributed by atoms with Gasteiger partial charge in [0, 0.05) is 6.42 Å². The van der Waals surface area contributed by atoms with Crippen LogP contribution < -0.4 is 0 Å². The molecule has 0 aliphatic rings. The molecule has 0 aromatic carbocycles. The molecule has 0 unspecified atom stereocenters. The molecule has 0 fully saturated rings. The molecule has 0 saturated carbocycles. The summed E-state index contributed by atoms with van der Waals surface area (Å²) in [6.07, 6.45) is 2.47. The number of rotatable bonds is 5. The normalized spacial score (nSPS) is 11.2. The lowest BCUT2D eigenvalue weighted by Gasteiger charge is -2.24. The van der Waals surface area contributed by atoms with Crippen molar-refractivity contribution in [2.45, 2.75) is 40.0 Å². The van der Waals surface area contributed by atoms with E-state index >= 15 is 0 Å². The van der Waals surface area contributed by atoms with Crippen molar-refractivity contribution in [1.82, 2.24) is 0 Å². The van der Waals surface area contributed by atoms with Crippen molar-refractivity contribution in [2.75, 3.05) is 0 Å². The number of carbonyl (C=O) groups excluding carboxylic acids is 2. The maximum atomic E-state index is 11.1. The summed E-state index contributed by atoms with van der Waals surface area (Å²) in [6.45, 7) is 6.22. The van der Waals surface area contributed by atoms with Crippen LogP contribution in [0.2, 0.25) is 0 Å². The molecule has 3 heteroatoms. The SMILES string of the molecule is CCC(C)(CC)CC(=O)SC=O. The Hall–Kier alpha value is -0.310. The Morgan fingerprint density at radius 2 is 1.92 bits per heavy atom. The highest BCUT2D eigenvalue weighted by molar-refractivity contribution is 8.24. The molecule has 12 heavy (non-hydrogen) atoms. The summed E-state index contributed by atoms with van der Waals surface area (Å²) in [7, 11) is 0. The van der Waals surface area contributed by atoms with Gasteiger partial charge in [0.2, 0.25) is 0 Å². The van der Waals surface area contributed by atoms with Crippen molar-refractivity contribution < 1.29 is 9.59 Å². The zero-order chi connectivity index (χ0) is 9.61. The Balaban J connectivity index is 4.01. The summed E-state index contributed by atoms with van der Waals surface area (Å²) in [4.78, 5) is 21.1. The van der Waals surface area contributed by atoms with E-state index in [2.05, 4.69) is 20.8 Å². The van der Waals surface area contributed by atoms with Crippen LogP contribution in [0.3, 0.4) is 0 Å². The van der Waals surface area contributed by atoms with Gasteiger partial charge in [-0.3, -0.25) is 9.59 Å². The van der Waals surface area contributed by atoms with Gasteiger partial charge in [-0.05, 0) is 17.2 Å². The molecule has 70 valence electrons. The van der Waals surface area contributed by atoms with E-state index in [9.17, 15) is 9.59 Å². The molecule has 2 nitrogen and oxygen atoms in total. The van der Waals surface area contributed by atoms with E-state index < -0.39 is 0 Å². The summed E-state index contributed by atoms with van der Waals surface area (Å²) in [5, 5.41) is -0.0174. The fourth-order valence-electron chi connectivity index (χ4n) is 0.944. The Kier molecular flexibility index (Phi) is 5.22. The number of hydrogen-bond donors (Lipinski definition) is 0. The summed E-state index contributed by atoms with van der Waals surface area (Å²) in [5.74, 6) is 0. The molecule has 0 bridgehead atoms. The molecule has 0 atom stereocenters. The second-order valence-electron chi connectivity index (χ2n) is 3.28. The van der Waals surface area contributed by atoms with E-state index in [1.54, 1.807) is 0 Å². The highest BCUT2D eigenvalue weighted by Gasteiger charge is 2.23. The first-order valence-electron chi connectivity index (χ1n) is 4.21.